The number of benzene rings is 1. The van der Waals surface area contributed by atoms with Crippen LogP contribution in [-0.4, -0.2) is 19.5 Å². The molecular formula is C14H12N4O2. The summed E-state index contributed by atoms with van der Waals surface area (Å²) in [5.74, 6) is 0.980. The Hall–Kier alpha value is -2.76. The van der Waals surface area contributed by atoms with Crippen molar-refractivity contribution in [2.75, 3.05) is 0 Å². The maximum Gasteiger partial charge on any atom is 0.315 e. The molecule has 0 unspecified atom stereocenters. The van der Waals surface area contributed by atoms with Gasteiger partial charge in [-0.05, 0) is 32.0 Å². The van der Waals surface area contributed by atoms with Crippen LogP contribution in [0.2, 0.25) is 0 Å². The van der Waals surface area contributed by atoms with Crippen LogP contribution in [0, 0.1) is 24.0 Å². The average molecular weight is 268 g/mol. The van der Waals surface area contributed by atoms with Gasteiger partial charge in [-0.25, -0.2) is 9.97 Å². The molecule has 0 atom stereocenters. The Bertz CT molecular complexity index is 823. The van der Waals surface area contributed by atoms with Gasteiger partial charge in [-0.3, -0.25) is 14.7 Å². The van der Waals surface area contributed by atoms with Gasteiger partial charge in [0.15, 0.2) is 0 Å². The Balaban J connectivity index is 2.40. The lowest BCUT2D eigenvalue weighted by molar-refractivity contribution is -0.385. The van der Waals surface area contributed by atoms with E-state index in [1.165, 1.54) is 0 Å². The van der Waals surface area contributed by atoms with Gasteiger partial charge in [0.2, 0.25) is 5.82 Å². The lowest BCUT2D eigenvalue weighted by Gasteiger charge is -2.07. The molecule has 6 nitrogen and oxygen atoms in total. The first-order chi connectivity index (χ1) is 9.59. The summed E-state index contributed by atoms with van der Waals surface area (Å²) in [6, 6.07) is 9.15. The van der Waals surface area contributed by atoms with E-state index in [4.69, 9.17) is 0 Å². The summed E-state index contributed by atoms with van der Waals surface area (Å²) < 4.78 is 1.72. The Morgan fingerprint density at radius 3 is 2.70 bits per heavy atom. The fourth-order valence-electron chi connectivity index (χ4n) is 2.34. The Labute approximate surface area is 114 Å². The summed E-state index contributed by atoms with van der Waals surface area (Å²) in [6.07, 6.45) is 1.58. The zero-order valence-corrected chi connectivity index (χ0v) is 11.1. The van der Waals surface area contributed by atoms with E-state index in [1.807, 2.05) is 31.2 Å². The first-order valence-corrected chi connectivity index (χ1v) is 6.14. The fraction of sp³-hybridized carbons (Fsp3) is 0.143. The van der Waals surface area contributed by atoms with E-state index in [0.717, 1.165) is 11.0 Å². The topological polar surface area (TPSA) is 73.8 Å². The van der Waals surface area contributed by atoms with E-state index in [2.05, 4.69) is 9.97 Å². The molecule has 3 aromatic rings. The molecule has 0 aliphatic heterocycles. The minimum absolute atomic E-state index is 0.0127. The van der Waals surface area contributed by atoms with Crippen LogP contribution in [0.4, 0.5) is 5.69 Å². The van der Waals surface area contributed by atoms with Crippen molar-refractivity contribution >= 4 is 16.7 Å². The minimum Gasteiger partial charge on any atom is -0.275 e. The predicted molar refractivity (Wildman–Crippen MR) is 75.0 cm³/mol. The van der Waals surface area contributed by atoms with E-state index in [9.17, 15) is 10.1 Å². The summed E-state index contributed by atoms with van der Waals surface area (Å²) in [6.45, 7) is 3.52. The molecule has 0 bridgehead atoms. The molecule has 0 saturated carbocycles. The van der Waals surface area contributed by atoms with Gasteiger partial charge >= 0.3 is 5.69 Å². The van der Waals surface area contributed by atoms with Crippen LogP contribution in [0.5, 0.6) is 0 Å². The van der Waals surface area contributed by atoms with Crippen molar-refractivity contribution < 1.29 is 4.92 Å². The smallest absolute Gasteiger partial charge is 0.275 e. The second-order valence-electron chi connectivity index (χ2n) is 4.54. The van der Waals surface area contributed by atoms with Crippen LogP contribution < -0.4 is 0 Å². The monoisotopic (exact) mass is 268 g/mol. The number of pyridine rings is 1. The highest BCUT2D eigenvalue weighted by atomic mass is 16.6. The van der Waals surface area contributed by atoms with Gasteiger partial charge in [-0.1, -0.05) is 12.1 Å². The number of nitro groups is 1. The molecule has 0 N–H and O–H groups in total. The average Bonchev–Trinajstić information content (AvgIpc) is 2.73. The Morgan fingerprint density at radius 2 is 1.95 bits per heavy atom. The normalized spacial score (nSPS) is 10.9. The molecule has 100 valence electrons. The molecule has 0 saturated heterocycles. The van der Waals surface area contributed by atoms with E-state index >= 15 is 0 Å². The van der Waals surface area contributed by atoms with Gasteiger partial charge < -0.3 is 0 Å². The number of hydrogen-bond acceptors (Lipinski definition) is 4. The molecule has 2 aromatic heterocycles. The SMILES string of the molecule is Cc1ccnc(-n2c(C)nc3ccccc32)c1[N+](=O)[O-]. The van der Waals surface area contributed by atoms with Gasteiger partial charge in [-0.15, -0.1) is 0 Å². The van der Waals surface area contributed by atoms with Gasteiger partial charge in [0, 0.05) is 11.8 Å². The van der Waals surface area contributed by atoms with Gasteiger partial charge in [-0.2, -0.15) is 0 Å². The molecule has 0 aliphatic rings. The predicted octanol–water partition coefficient (Wildman–Crippen LogP) is 2.95. The number of fused-ring (bicyclic) bond motifs is 1. The van der Waals surface area contributed by atoms with Crippen molar-refractivity contribution in [2.45, 2.75) is 13.8 Å². The van der Waals surface area contributed by atoms with E-state index < -0.39 is 4.92 Å². The number of hydrogen-bond donors (Lipinski definition) is 0. The number of nitrogens with zero attached hydrogens (tertiary/aromatic N) is 4. The van der Waals surface area contributed by atoms with Crippen molar-refractivity contribution in [2.24, 2.45) is 0 Å². The highest BCUT2D eigenvalue weighted by Crippen LogP contribution is 2.28. The summed E-state index contributed by atoms with van der Waals surface area (Å²) in [5.41, 5.74) is 2.20. The third-order valence-electron chi connectivity index (χ3n) is 3.23. The fourth-order valence-corrected chi connectivity index (χ4v) is 2.34. The van der Waals surface area contributed by atoms with Gasteiger partial charge in [0.25, 0.3) is 0 Å². The van der Waals surface area contributed by atoms with Crippen molar-refractivity contribution in [1.29, 1.82) is 0 Å². The molecule has 0 spiro atoms. The molecule has 3 rings (SSSR count). The van der Waals surface area contributed by atoms with Crippen molar-refractivity contribution in [3.8, 4) is 5.82 Å². The van der Waals surface area contributed by atoms with E-state index in [1.54, 1.807) is 23.8 Å². The molecule has 2 heterocycles. The lowest BCUT2D eigenvalue weighted by Crippen LogP contribution is -2.06. The third kappa shape index (κ3) is 1.73. The number of aryl methyl sites for hydroxylation is 2. The molecule has 20 heavy (non-hydrogen) atoms. The van der Waals surface area contributed by atoms with Gasteiger partial charge in [0.1, 0.15) is 5.82 Å². The summed E-state index contributed by atoms with van der Waals surface area (Å²) in [5, 5.41) is 11.3. The zero-order valence-electron chi connectivity index (χ0n) is 11.1. The van der Waals surface area contributed by atoms with E-state index in [-0.39, 0.29) is 5.69 Å². The first-order valence-electron chi connectivity index (χ1n) is 6.14. The van der Waals surface area contributed by atoms with Crippen LogP contribution in [0.1, 0.15) is 11.4 Å². The van der Waals surface area contributed by atoms with Crippen molar-refractivity contribution in [3.63, 3.8) is 0 Å². The second-order valence-corrected chi connectivity index (χ2v) is 4.54. The first kappa shape index (κ1) is 12.3. The lowest BCUT2D eigenvalue weighted by atomic mass is 10.2. The number of para-hydroxylation sites is 2. The maximum atomic E-state index is 11.3. The standard InChI is InChI=1S/C14H12N4O2/c1-9-7-8-15-14(13(9)18(19)20)17-10(2)16-11-5-3-4-6-12(11)17/h3-8H,1-2H3. The second kappa shape index (κ2) is 4.41. The molecule has 0 fully saturated rings. The quantitative estimate of drug-likeness (QED) is 0.529. The third-order valence-corrected chi connectivity index (χ3v) is 3.23. The molecule has 1 aromatic carbocycles. The van der Waals surface area contributed by atoms with Crippen LogP contribution in [0.3, 0.4) is 0 Å². The minimum atomic E-state index is -0.397. The Morgan fingerprint density at radius 1 is 1.20 bits per heavy atom. The highest BCUT2D eigenvalue weighted by Gasteiger charge is 2.22. The van der Waals surface area contributed by atoms with Crippen LogP contribution in [0.15, 0.2) is 36.5 Å². The highest BCUT2D eigenvalue weighted by molar-refractivity contribution is 5.79. The van der Waals surface area contributed by atoms with Crippen molar-refractivity contribution in [1.82, 2.24) is 14.5 Å². The number of imidazole rings is 1. The van der Waals surface area contributed by atoms with Gasteiger partial charge in [0.05, 0.1) is 16.0 Å². The summed E-state index contributed by atoms with van der Waals surface area (Å²) in [7, 11) is 0. The van der Waals surface area contributed by atoms with E-state index in [0.29, 0.717) is 17.2 Å². The summed E-state index contributed by atoms with van der Waals surface area (Å²) >= 11 is 0. The zero-order chi connectivity index (χ0) is 14.3. The number of aromatic nitrogens is 3. The molecule has 6 heteroatoms. The Kier molecular flexibility index (Phi) is 2.71. The molecular weight excluding hydrogens is 256 g/mol. The molecule has 0 amide bonds. The van der Waals surface area contributed by atoms with Crippen LogP contribution in [0.25, 0.3) is 16.9 Å². The van der Waals surface area contributed by atoms with Crippen LogP contribution in [-0.2, 0) is 0 Å². The molecule has 0 radical (unpaired) electrons. The van der Waals surface area contributed by atoms with Crippen molar-refractivity contribution in [3.05, 3.63) is 58.0 Å². The maximum absolute atomic E-state index is 11.3. The number of rotatable bonds is 2. The summed E-state index contributed by atoms with van der Waals surface area (Å²) in [4.78, 5) is 19.5. The largest absolute Gasteiger partial charge is 0.315 e. The van der Waals surface area contributed by atoms with Crippen LogP contribution >= 0.6 is 0 Å². The molecule has 0 aliphatic carbocycles.